The van der Waals surface area contributed by atoms with Crippen molar-refractivity contribution in [1.82, 2.24) is 4.90 Å². The van der Waals surface area contributed by atoms with E-state index < -0.39 is 0 Å². The predicted octanol–water partition coefficient (Wildman–Crippen LogP) is 2.38. The van der Waals surface area contributed by atoms with E-state index in [0.29, 0.717) is 6.42 Å². The van der Waals surface area contributed by atoms with Gasteiger partial charge in [-0.05, 0) is 37.7 Å². The molecule has 1 fully saturated rings. The lowest BCUT2D eigenvalue weighted by Gasteiger charge is -2.22. The van der Waals surface area contributed by atoms with Gasteiger partial charge in [0.2, 0.25) is 5.91 Å². The average molecular weight is 261 g/mol. The molecule has 1 aliphatic rings. The van der Waals surface area contributed by atoms with Crippen molar-refractivity contribution in [2.45, 2.75) is 44.6 Å². The predicted molar refractivity (Wildman–Crippen MR) is 75.8 cm³/mol. The van der Waals surface area contributed by atoms with Crippen LogP contribution >= 0.6 is 0 Å². The fourth-order valence-corrected chi connectivity index (χ4v) is 2.75. The van der Waals surface area contributed by atoms with E-state index in [1.165, 1.54) is 5.56 Å². The summed E-state index contributed by atoms with van der Waals surface area (Å²) < 4.78 is 0. The molecule has 1 unspecified atom stereocenters. The number of carbonyl (C=O) groups excluding carboxylic acids is 1. The van der Waals surface area contributed by atoms with Crippen molar-refractivity contribution in [3.05, 3.63) is 35.9 Å². The third-order valence-electron chi connectivity index (χ3n) is 3.86. The molecule has 1 aromatic carbocycles. The molecule has 1 aliphatic heterocycles. The van der Waals surface area contributed by atoms with Gasteiger partial charge in [0.15, 0.2) is 0 Å². The van der Waals surface area contributed by atoms with Gasteiger partial charge in [-0.2, -0.15) is 0 Å². The van der Waals surface area contributed by atoms with Crippen molar-refractivity contribution in [1.29, 1.82) is 0 Å². The Kier molecular flexibility index (Phi) is 5.40. The molecule has 0 bridgehead atoms. The van der Waals surface area contributed by atoms with Gasteiger partial charge in [0.05, 0.1) is 12.6 Å². The molecule has 1 aromatic rings. The lowest BCUT2D eigenvalue weighted by atomic mass is 10.1. The molecule has 1 heterocycles. The summed E-state index contributed by atoms with van der Waals surface area (Å²) in [6, 6.07) is 10.5. The number of carbonyl (C=O) groups is 1. The minimum Gasteiger partial charge on any atom is -0.394 e. The molecule has 0 saturated carbocycles. The first-order valence-electron chi connectivity index (χ1n) is 7.25. The van der Waals surface area contributed by atoms with Gasteiger partial charge < -0.3 is 10.0 Å². The van der Waals surface area contributed by atoms with Gasteiger partial charge in [-0.15, -0.1) is 0 Å². The average Bonchev–Trinajstić information content (AvgIpc) is 2.93. The lowest BCUT2D eigenvalue weighted by molar-refractivity contribution is -0.132. The van der Waals surface area contributed by atoms with Gasteiger partial charge in [-0.1, -0.05) is 30.3 Å². The number of nitrogens with zero attached hydrogens (tertiary/aromatic N) is 1. The van der Waals surface area contributed by atoms with E-state index in [4.69, 9.17) is 0 Å². The summed E-state index contributed by atoms with van der Waals surface area (Å²) in [7, 11) is 0. The van der Waals surface area contributed by atoms with E-state index in [9.17, 15) is 9.90 Å². The molecular weight excluding hydrogens is 238 g/mol. The highest BCUT2D eigenvalue weighted by atomic mass is 16.3. The second-order valence-electron chi connectivity index (χ2n) is 5.26. The van der Waals surface area contributed by atoms with Crippen LogP contribution < -0.4 is 0 Å². The topological polar surface area (TPSA) is 40.5 Å². The normalized spacial score (nSPS) is 18.8. The fourth-order valence-electron chi connectivity index (χ4n) is 2.75. The maximum atomic E-state index is 12.0. The molecule has 0 radical (unpaired) electrons. The van der Waals surface area contributed by atoms with Crippen LogP contribution in [0.2, 0.25) is 0 Å². The Morgan fingerprint density at radius 1 is 1.26 bits per heavy atom. The standard InChI is InChI=1S/C16H23NO2/c18-13-15-10-6-12-17(15)16(19)11-5-4-9-14-7-2-1-3-8-14/h1-3,7-8,15,18H,4-6,9-13H2. The number of hydrogen-bond donors (Lipinski definition) is 1. The number of amides is 1. The monoisotopic (exact) mass is 261 g/mol. The SMILES string of the molecule is O=C(CCCCc1ccccc1)N1CCCC1CO. The summed E-state index contributed by atoms with van der Waals surface area (Å²) in [5.74, 6) is 0.213. The molecule has 104 valence electrons. The van der Waals surface area contributed by atoms with Crippen molar-refractivity contribution in [2.75, 3.05) is 13.2 Å². The molecule has 1 amide bonds. The maximum absolute atomic E-state index is 12.0. The van der Waals surface area contributed by atoms with Gasteiger partial charge in [0.1, 0.15) is 0 Å². The zero-order chi connectivity index (χ0) is 13.5. The molecule has 1 N–H and O–H groups in total. The van der Waals surface area contributed by atoms with Crippen LogP contribution in [0.15, 0.2) is 30.3 Å². The van der Waals surface area contributed by atoms with Crippen molar-refractivity contribution in [3.63, 3.8) is 0 Å². The van der Waals surface area contributed by atoms with Crippen molar-refractivity contribution in [2.24, 2.45) is 0 Å². The van der Waals surface area contributed by atoms with Gasteiger partial charge in [0, 0.05) is 13.0 Å². The summed E-state index contributed by atoms with van der Waals surface area (Å²) in [5, 5.41) is 9.21. The zero-order valence-electron chi connectivity index (χ0n) is 11.4. The first kappa shape index (κ1) is 14.1. The Morgan fingerprint density at radius 3 is 2.79 bits per heavy atom. The second kappa shape index (κ2) is 7.29. The Hall–Kier alpha value is -1.35. The van der Waals surface area contributed by atoms with Crippen LogP contribution in [0.1, 0.15) is 37.7 Å². The van der Waals surface area contributed by atoms with E-state index >= 15 is 0 Å². The van der Waals surface area contributed by atoms with E-state index in [-0.39, 0.29) is 18.6 Å². The molecule has 0 spiro atoms. The number of hydrogen-bond acceptors (Lipinski definition) is 2. The summed E-state index contributed by atoms with van der Waals surface area (Å²) in [4.78, 5) is 13.9. The highest BCUT2D eigenvalue weighted by Crippen LogP contribution is 2.18. The molecule has 3 nitrogen and oxygen atoms in total. The maximum Gasteiger partial charge on any atom is 0.222 e. The van der Waals surface area contributed by atoms with Crippen LogP contribution in [-0.2, 0) is 11.2 Å². The first-order valence-corrected chi connectivity index (χ1v) is 7.25. The van der Waals surface area contributed by atoms with Gasteiger partial charge >= 0.3 is 0 Å². The van der Waals surface area contributed by atoms with Gasteiger partial charge in [0.25, 0.3) is 0 Å². The number of unbranched alkanes of at least 4 members (excludes halogenated alkanes) is 1. The third kappa shape index (κ3) is 4.06. The van der Waals surface area contributed by atoms with Crippen LogP contribution in [0.25, 0.3) is 0 Å². The Morgan fingerprint density at radius 2 is 2.05 bits per heavy atom. The molecule has 1 saturated heterocycles. The van der Waals surface area contributed by atoms with E-state index in [0.717, 1.165) is 38.6 Å². The van der Waals surface area contributed by atoms with Crippen molar-refractivity contribution < 1.29 is 9.90 Å². The summed E-state index contributed by atoms with van der Waals surface area (Å²) in [6.45, 7) is 0.929. The number of aryl methyl sites for hydroxylation is 1. The highest BCUT2D eigenvalue weighted by molar-refractivity contribution is 5.76. The van der Waals surface area contributed by atoms with Crippen molar-refractivity contribution in [3.8, 4) is 0 Å². The summed E-state index contributed by atoms with van der Waals surface area (Å²) >= 11 is 0. The smallest absolute Gasteiger partial charge is 0.222 e. The Balaban J connectivity index is 1.67. The number of aliphatic hydroxyl groups is 1. The van der Waals surface area contributed by atoms with E-state index in [1.54, 1.807) is 0 Å². The zero-order valence-corrected chi connectivity index (χ0v) is 11.4. The highest BCUT2D eigenvalue weighted by Gasteiger charge is 2.27. The molecule has 2 rings (SSSR count). The molecular formula is C16H23NO2. The largest absolute Gasteiger partial charge is 0.394 e. The summed E-state index contributed by atoms with van der Waals surface area (Å²) in [6.07, 6.45) is 5.61. The fraction of sp³-hybridized carbons (Fsp3) is 0.562. The van der Waals surface area contributed by atoms with Gasteiger partial charge in [-0.3, -0.25) is 4.79 Å². The van der Waals surface area contributed by atoms with Crippen molar-refractivity contribution >= 4 is 5.91 Å². The Labute approximate surface area is 115 Å². The van der Waals surface area contributed by atoms with E-state index in [1.807, 2.05) is 11.0 Å². The van der Waals surface area contributed by atoms with Crippen LogP contribution in [0.5, 0.6) is 0 Å². The molecule has 0 aromatic heterocycles. The molecule has 1 atom stereocenters. The van der Waals surface area contributed by atoms with Crippen LogP contribution in [0, 0.1) is 0 Å². The second-order valence-corrected chi connectivity index (χ2v) is 5.26. The lowest BCUT2D eigenvalue weighted by Crippen LogP contribution is -2.37. The summed E-state index contributed by atoms with van der Waals surface area (Å²) in [5.41, 5.74) is 1.34. The minimum absolute atomic E-state index is 0.0709. The van der Waals surface area contributed by atoms with Gasteiger partial charge in [-0.25, -0.2) is 0 Å². The quantitative estimate of drug-likeness (QED) is 0.799. The number of benzene rings is 1. The van der Waals surface area contributed by atoms with Crippen LogP contribution in [0.4, 0.5) is 0 Å². The number of rotatable bonds is 6. The Bertz CT molecular complexity index is 391. The van der Waals surface area contributed by atoms with E-state index in [2.05, 4.69) is 24.3 Å². The number of aliphatic hydroxyl groups excluding tert-OH is 1. The minimum atomic E-state index is 0.0709. The number of likely N-dealkylation sites (tertiary alicyclic amines) is 1. The molecule has 19 heavy (non-hydrogen) atoms. The van der Waals surface area contributed by atoms with Crippen LogP contribution in [-0.4, -0.2) is 35.1 Å². The van der Waals surface area contributed by atoms with Crippen LogP contribution in [0.3, 0.4) is 0 Å². The first-order chi connectivity index (χ1) is 9.31. The molecule has 3 heteroatoms. The third-order valence-corrected chi connectivity index (χ3v) is 3.86. The molecule has 0 aliphatic carbocycles.